The molecule has 2 nitrogen and oxygen atoms in total. The summed E-state index contributed by atoms with van der Waals surface area (Å²) in [5.41, 5.74) is 0. The number of piperidine rings is 2. The molecule has 2 aliphatic heterocycles. The number of nitrogens with zero attached hydrogens (tertiary/aromatic N) is 2. The van der Waals surface area contributed by atoms with E-state index in [0.717, 1.165) is 23.9 Å². The van der Waals surface area contributed by atoms with Crippen molar-refractivity contribution in [2.24, 2.45) is 11.8 Å². The summed E-state index contributed by atoms with van der Waals surface area (Å²) in [6.07, 6.45) is 4.18. The molecular formula is C13H26N2. The van der Waals surface area contributed by atoms with Gasteiger partial charge in [0.1, 0.15) is 0 Å². The molecule has 0 saturated carbocycles. The first kappa shape index (κ1) is 11.4. The fraction of sp³-hybridized carbons (Fsp3) is 1.00. The van der Waals surface area contributed by atoms with Gasteiger partial charge in [0.15, 0.2) is 0 Å². The third kappa shape index (κ3) is 2.07. The molecule has 2 rings (SSSR count). The van der Waals surface area contributed by atoms with Gasteiger partial charge in [0.05, 0.1) is 0 Å². The Bertz CT molecular complexity index is 213. The highest BCUT2D eigenvalue weighted by molar-refractivity contribution is 4.97. The molecule has 0 bridgehead atoms. The van der Waals surface area contributed by atoms with E-state index in [-0.39, 0.29) is 0 Å². The zero-order valence-corrected chi connectivity index (χ0v) is 10.7. The van der Waals surface area contributed by atoms with E-state index in [4.69, 9.17) is 0 Å². The van der Waals surface area contributed by atoms with Crippen LogP contribution in [0, 0.1) is 11.8 Å². The highest BCUT2D eigenvalue weighted by Gasteiger charge is 2.41. The summed E-state index contributed by atoms with van der Waals surface area (Å²) >= 11 is 0. The average Bonchev–Trinajstić information content (AvgIpc) is 2.19. The maximum atomic E-state index is 2.62. The molecule has 0 aromatic heterocycles. The lowest BCUT2D eigenvalue weighted by molar-refractivity contribution is -0.0186. The number of hydrogen-bond acceptors (Lipinski definition) is 2. The molecule has 0 amide bonds. The van der Waals surface area contributed by atoms with Gasteiger partial charge < -0.3 is 9.80 Å². The molecule has 0 aromatic rings. The van der Waals surface area contributed by atoms with Gasteiger partial charge in [-0.25, -0.2) is 0 Å². The van der Waals surface area contributed by atoms with E-state index in [2.05, 4.69) is 37.7 Å². The molecule has 2 saturated heterocycles. The van der Waals surface area contributed by atoms with Crippen LogP contribution in [0.3, 0.4) is 0 Å². The molecule has 88 valence electrons. The lowest BCUT2D eigenvalue weighted by Crippen LogP contribution is -2.60. The van der Waals surface area contributed by atoms with Gasteiger partial charge in [0.2, 0.25) is 0 Å². The maximum Gasteiger partial charge on any atom is 0.0279 e. The van der Waals surface area contributed by atoms with Crippen molar-refractivity contribution < 1.29 is 0 Å². The van der Waals surface area contributed by atoms with Gasteiger partial charge in [0.25, 0.3) is 0 Å². The van der Waals surface area contributed by atoms with Crippen molar-refractivity contribution in [3.8, 4) is 0 Å². The summed E-state index contributed by atoms with van der Waals surface area (Å²) in [5.74, 6) is 1.75. The number of likely N-dealkylation sites (tertiary alicyclic amines) is 2. The largest absolute Gasteiger partial charge is 0.302 e. The summed E-state index contributed by atoms with van der Waals surface area (Å²) < 4.78 is 0. The predicted octanol–water partition coefficient (Wildman–Crippen LogP) is 2.06. The molecule has 0 spiro atoms. The Morgan fingerprint density at radius 2 is 1.73 bits per heavy atom. The number of hydrogen-bond donors (Lipinski definition) is 0. The van der Waals surface area contributed by atoms with Gasteiger partial charge in [-0.3, -0.25) is 0 Å². The molecule has 2 fully saturated rings. The fourth-order valence-corrected chi connectivity index (χ4v) is 3.67. The van der Waals surface area contributed by atoms with E-state index in [1.54, 1.807) is 0 Å². The fourth-order valence-electron chi connectivity index (χ4n) is 3.67. The molecular weight excluding hydrogens is 184 g/mol. The molecule has 15 heavy (non-hydrogen) atoms. The zero-order valence-electron chi connectivity index (χ0n) is 10.7. The van der Waals surface area contributed by atoms with Crippen LogP contribution in [-0.4, -0.2) is 49.1 Å². The lowest BCUT2D eigenvalue weighted by Gasteiger charge is -2.52. The van der Waals surface area contributed by atoms with Crippen LogP contribution in [-0.2, 0) is 0 Å². The normalized spacial score (nSPS) is 39.4. The molecule has 0 aliphatic carbocycles. The van der Waals surface area contributed by atoms with Crippen LogP contribution in [0.25, 0.3) is 0 Å². The quantitative estimate of drug-likeness (QED) is 0.653. The second-order valence-corrected chi connectivity index (χ2v) is 5.86. The van der Waals surface area contributed by atoms with E-state index in [0.29, 0.717) is 0 Å². The maximum absolute atomic E-state index is 2.62. The third-order valence-electron chi connectivity index (χ3n) is 4.59. The highest BCUT2D eigenvalue weighted by atomic mass is 15.2. The summed E-state index contributed by atoms with van der Waals surface area (Å²) in [7, 11) is 4.64. The summed E-state index contributed by atoms with van der Waals surface area (Å²) in [4.78, 5) is 5.22. The van der Waals surface area contributed by atoms with Crippen LogP contribution in [0.1, 0.15) is 33.1 Å². The standard InChI is InChI=1S/C13H26N2/c1-10(2)11-7-9-14(3)12-6-5-8-15(4)13(11)12/h10-13H,5-9H2,1-4H3. The van der Waals surface area contributed by atoms with Gasteiger partial charge in [-0.15, -0.1) is 0 Å². The third-order valence-corrected chi connectivity index (χ3v) is 4.59. The van der Waals surface area contributed by atoms with Crippen molar-refractivity contribution in [3.63, 3.8) is 0 Å². The van der Waals surface area contributed by atoms with E-state index < -0.39 is 0 Å². The second kappa shape index (κ2) is 4.42. The summed E-state index contributed by atoms with van der Waals surface area (Å²) in [6.45, 7) is 7.40. The van der Waals surface area contributed by atoms with Crippen LogP contribution in [0.4, 0.5) is 0 Å². The molecule has 3 atom stereocenters. The van der Waals surface area contributed by atoms with Gasteiger partial charge >= 0.3 is 0 Å². The minimum absolute atomic E-state index is 0.817. The smallest absolute Gasteiger partial charge is 0.0279 e. The van der Waals surface area contributed by atoms with E-state index in [1.807, 2.05) is 0 Å². The molecule has 2 heterocycles. The van der Waals surface area contributed by atoms with Crippen molar-refractivity contribution in [1.29, 1.82) is 0 Å². The number of rotatable bonds is 1. The summed E-state index contributed by atoms with van der Waals surface area (Å²) in [5, 5.41) is 0. The zero-order chi connectivity index (χ0) is 11.0. The molecule has 0 radical (unpaired) electrons. The Labute approximate surface area is 94.6 Å². The molecule has 0 aromatic carbocycles. The predicted molar refractivity (Wildman–Crippen MR) is 65.0 cm³/mol. The minimum Gasteiger partial charge on any atom is -0.302 e. The van der Waals surface area contributed by atoms with Crippen molar-refractivity contribution in [2.45, 2.75) is 45.2 Å². The average molecular weight is 210 g/mol. The van der Waals surface area contributed by atoms with Gasteiger partial charge in [-0.05, 0) is 58.3 Å². The Morgan fingerprint density at radius 1 is 1.00 bits per heavy atom. The first-order chi connectivity index (χ1) is 7.11. The topological polar surface area (TPSA) is 6.48 Å². The van der Waals surface area contributed by atoms with E-state index in [1.165, 1.54) is 32.4 Å². The number of fused-ring (bicyclic) bond motifs is 1. The Kier molecular flexibility index (Phi) is 3.36. The summed E-state index contributed by atoms with van der Waals surface area (Å²) in [6, 6.07) is 1.64. The molecule has 2 aliphatic rings. The molecule has 3 unspecified atom stereocenters. The van der Waals surface area contributed by atoms with Crippen LogP contribution < -0.4 is 0 Å². The molecule has 0 N–H and O–H groups in total. The van der Waals surface area contributed by atoms with Crippen LogP contribution in [0.2, 0.25) is 0 Å². The monoisotopic (exact) mass is 210 g/mol. The lowest BCUT2D eigenvalue weighted by atomic mass is 9.75. The van der Waals surface area contributed by atoms with Gasteiger partial charge in [0, 0.05) is 12.1 Å². The van der Waals surface area contributed by atoms with Crippen molar-refractivity contribution in [1.82, 2.24) is 9.80 Å². The van der Waals surface area contributed by atoms with E-state index in [9.17, 15) is 0 Å². The van der Waals surface area contributed by atoms with Crippen LogP contribution >= 0.6 is 0 Å². The SMILES string of the molecule is CC(C)C1CCN(C)C2CCCN(C)C12. The van der Waals surface area contributed by atoms with Crippen molar-refractivity contribution in [2.75, 3.05) is 27.2 Å². The Balaban J connectivity index is 2.16. The van der Waals surface area contributed by atoms with Gasteiger partial charge in [-0.1, -0.05) is 13.8 Å². The Hall–Kier alpha value is -0.0800. The van der Waals surface area contributed by atoms with Crippen LogP contribution in [0.5, 0.6) is 0 Å². The van der Waals surface area contributed by atoms with Gasteiger partial charge in [-0.2, -0.15) is 0 Å². The van der Waals surface area contributed by atoms with Crippen molar-refractivity contribution >= 4 is 0 Å². The van der Waals surface area contributed by atoms with E-state index >= 15 is 0 Å². The first-order valence-electron chi connectivity index (χ1n) is 6.51. The van der Waals surface area contributed by atoms with Crippen molar-refractivity contribution in [3.05, 3.63) is 0 Å². The first-order valence-corrected chi connectivity index (χ1v) is 6.51. The molecule has 2 heteroatoms. The number of likely N-dealkylation sites (N-methyl/N-ethyl adjacent to an activating group) is 2. The second-order valence-electron chi connectivity index (χ2n) is 5.86. The highest BCUT2D eigenvalue weighted by Crippen LogP contribution is 2.35. The van der Waals surface area contributed by atoms with Crippen LogP contribution in [0.15, 0.2) is 0 Å². The minimum atomic E-state index is 0.817. The Morgan fingerprint density at radius 3 is 2.40 bits per heavy atom.